The van der Waals surface area contributed by atoms with Crippen molar-refractivity contribution in [2.24, 2.45) is 0 Å². The van der Waals surface area contributed by atoms with E-state index < -0.39 is 11.3 Å². The molecule has 9 nitrogen and oxygen atoms in total. The van der Waals surface area contributed by atoms with Gasteiger partial charge in [-0.05, 0) is 38.1 Å². The Morgan fingerprint density at radius 1 is 1.32 bits per heavy atom. The summed E-state index contributed by atoms with van der Waals surface area (Å²) in [5, 5.41) is 8.75. The molecule has 31 heavy (non-hydrogen) atoms. The molecule has 2 atom stereocenters. The van der Waals surface area contributed by atoms with E-state index >= 15 is 0 Å². The zero-order valence-electron chi connectivity index (χ0n) is 17.4. The normalized spacial score (nSPS) is 16.6. The lowest BCUT2D eigenvalue weighted by Crippen LogP contribution is -2.45. The van der Waals surface area contributed by atoms with E-state index in [2.05, 4.69) is 15.8 Å². The van der Waals surface area contributed by atoms with Crippen molar-refractivity contribution in [3.05, 3.63) is 36.1 Å². The van der Waals surface area contributed by atoms with E-state index in [-0.39, 0.29) is 23.5 Å². The third-order valence-electron chi connectivity index (χ3n) is 4.57. The number of benzene rings is 1. The van der Waals surface area contributed by atoms with Crippen molar-refractivity contribution in [3.8, 4) is 5.75 Å². The number of anilines is 2. The van der Waals surface area contributed by atoms with Gasteiger partial charge in [-0.25, -0.2) is 0 Å². The third kappa shape index (κ3) is 6.17. The maximum atomic E-state index is 12.7. The molecule has 11 heteroatoms. The van der Waals surface area contributed by atoms with Crippen LogP contribution in [0.25, 0.3) is 0 Å². The number of hydrogen-bond acceptors (Lipinski definition) is 8. The summed E-state index contributed by atoms with van der Waals surface area (Å²) in [6.07, 6.45) is 0. The first-order valence-corrected chi connectivity index (χ1v) is 11.8. The molecule has 166 valence electrons. The molecule has 1 aromatic heterocycles. The van der Waals surface area contributed by atoms with Gasteiger partial charge in [-0.15, -0.1) is 23.5 Å². The maximum Gasteiger partial charge on any atom is 0.248 e. The maximum absolute atomic E-state index is 12.7. The molecule has 2 heterocycles. The van der Waals surface area contributed by atoms with Gasteiger partial charge in [-0.1, -0.05) is 5.16 Å². The topological polar surface area (TPSA) is 114 Å². The average Bonchev–Trinajstić information content (AvgIpc) is 3.41. The lowest BCUT2D eigenvalue weighted by molar-refractivity contribution is -0.134. The van der Waals surface area contributed by atoms with Crippen LogP contribution < -0.4 is 15.4 Å². The minimum absolute atomic E-state index is 0.0965. The molecule has 2 unspecified atom stereocenters. The molecule has 2 N–H and O–H groups in total. The number of aryl methyl sites for hydroxylation is 1. The van der Waals surface area contributed by atoms with Gasteiger partial charge in [-0.3, -0.25) is 14.4 Å². The van der Waals surface area contributed by atoms with E-state index in [0.29, 0.717) is 34.6 Å². The summed E-state index contributed by atoms with van der Waals surface area (Å²) in [6, 6.07) is 8.07. The van der Waals surface area contributed by atoms with Crippen molar-refractivity contribution >= 4 is 52.8 Å². The Kier molecular flexibility index (Phi) is 7.85. The van der Waals surface area contributed by atoms with Gasteiger partial charge in [0.25, 0.3) is 0 Å². The van der Waals surface area contributed by atoms with Gasteiger partial charge in [0.05, 0.1) is 24.0 Å². The fourth-order valence-electron chi connectivity index (χ4n) is 2.81. The van der Waals surface area contributed by atoms with Crippen LogP contribution in [0.5, 0.6) is 5.75 Å². The fraction of sp³-hybridized carbons (Fsp3) is 0.400. The Balaban J connectivity index is 1.50. The van der Waals surface area contributed by atoms with Crippen molar-refractivity contribution in [1.29, 1.82) is 0 Å². The van der Waals surface area contributed by atoms with Gasteiger partial charge in [0.15, 0.2) is 5.82 Å². The minimum Gasteiger partial charge on any atom is -0.497 e. The Labute approximate surface area is 188 Å². The number of methoxy groups -OCH3 is 1. The molecule has 1 aliphatic rings. The quantitative estimate of drug-likeness (QED) is 0.613. The highest BCUT2D eigenvalue weighted by molar-refractivity contribution is 8.01. The fourth-order valence-corrected chi connectivity index (χ4v) is 4.76. The number of carbonyl (C=O) groups is 3. The first kappa shape index (κ1) is 23.0. The largest absolute Gasteiger partial charge is 0.497 e. The number of ether oxygens (including phenoxy) is 1. The van der Waals surface area contributed by atoms with Crippen LogP contribution in [0.3, 0.4) is 0 Å². The second-order valence-corrected chi connectivity index (χ2v) is 9.19. The summed E-state index contributed by atoms with van der Waals surface area (Å²) >= 11 is 2.74. The standard InChI is InChI=1S/C20H24N4O5S2/c1-12-8-17(23-29-12)22-19(26)13(2)31-10-18(25)24-11-30-9-16(24)20(27)21-14-4-6-15(28-3)7-5-14/h4-8,13,16H,9-11H2,1-3H3,(H,21,27)(H,22,23,26). The molecule has 3 amide bonds. The number of amides is 3. The number of hydrogen-bond donors (Lipinski definition) is 2. The van der Waals surface area contributed by atoms with Gasteiger partial charge in [0.1, 0.15) is 17.6 Å². The van der Waals surface area contributed by atoms with Crippen LogP contribution in [-0.4, -0.2) is 63.6 Å². The van der Waals surface area contributed by atoms with E-state index in [0.717, 1.165) is 0 Å². The molecule has 1 saturated heterocycles. The number of aromatic nitrogens is 1. The first-order valence-electron chi connectivity index (χ1n) is 9.55. The summed E-state index contributed by atoms with van der Waals surface area (Å²) < 4.78 is 10.0. The van der Waals surface area contributed by atoms with E-state index in [4.69, 9.17) is 9.26 Å². The third-order valence-corrected chi connectivity index (χ3v) is 6.71. The highest BCUT2D eigenvalue weighted by Crippen LogP contribution is 2.25. The lowest BCUT2D eigenvalue weighted by atomic mass is 10.2. The van der Waals surface area contributed by atoms with E-state index in [9.17, 15) is 14.4 Å². The van der Waals surface area contributed by atoms with Crippen LogP contribution in [-0.2, 0) is 14.4 Å². The molecule has 3 rings (SSSR count). The monoisotopic (exact) mass is 464 g/mol. The van der Waals surface area contributed by atoms with Gasteiger partial charge in [0.2, 0.25) is 17.7 Å². The van der Waals surface area contributed by atoms with Crippen LogP contribution in [0.2, 0.25) is 0 Å². The summed E-state index contributed by atoms with van der Waals surface area (Å²) in [5.74, 6) is 2.01. The molecule has 1 aromatic carbocycles. The van der Waals surface area contributed by atoms with Gasteiger partial charge < -0.3 is 24.8 Å². The Bertz CT molecular complexity index is 934. The van der Waals surface area contributed by atoms with Crippen LogP contribution in [0, 0.1) is 6.92 Å². The predicted octanol–water partition coefficient (Wildman–Crippen LogP) is 2.59. The number of thioether (sulfide) groups is 2. The Morgan fingerprint density at radius 2 is 2.06 bits per heavy atom. The lowest BCUT2D eigenvalue weighted by Gasteiger charge is -2.23. The smallest absolute Gasteiger partial charge is 0.248 e. The number of nitrogens with one attached hydrogen (secondary N) is 2. The molecule has 0 bridgehead atoms. The molecular weight excluding hydrogens is 440 g/mol. The van der Waals surface area contributed by atoms with E-state index in [1.807, 2.05) is 0 Å². The molecule has 0 saturated carbocycles. The highest BCUT2D eigenvalue weighted by atomic mass is 32.2. The molecule has 0 radical (unpaired) electrons. The second-order valence-electron chi connectivity index (χ2n) is 6.86. The van der Waals surface area contributed by atoms with Crippen LogP contribution in [0.4, 0.5) is 11.5 Å². The number of nitrogens with zero attached hydrogens (tertiary/aromatic N) is 2. The first-order chi connectivity index (χ1) is 14.9. The number of carbonyl (C=O) groups excluding carboxylic acids is 3. The predicted molar refractivity (Wildman–Crippen MR) is 121 cm³/mol. The zero-order valence-corrected chi connectivity index (χ0v) is 19.0. The molecule has 2 aromatic rings. The number of rotatable bonds is 8. The van der Waals surface area contributed by atoms with Crippen molar-refractivity contribution in [2.75, 3.05) is 35.1 Å². The summed E-state index contributed by atoms with van der Waals surface area (Å²) in [6.45, 7) is 3.45. The van der Waals surface area contributed by atoms with Crippen LogP contribution >= 0.6 is 23.5 Å². The van der Waals surface area contributed by atoms with E-state index in [1.54, 1.807) is 56.2 Å². The summed E-state index contributed by atoms with van der Waals surface area (Å²) in [7, 11) is 1.57. The summed E-state index contributed by atoms with van der Waals surface area (Å²) in [5.41, 5.74) is 0.637. The van der Waals surface area contributed by atoms with Crippen LogP contribution in [0.1, 0.15) is 12.7 Å². The molecule has 1 fully saturated rings. The molecular formula is C20H24N4O5S2. The highest BCUT2D eigenvalue weighted by Gasteiger charge is 2.35. The second kappa shape index (κ2) is 10.6. The van der Waals surface area contributed by atoms with Crippen LogP contribution in [0.15, 0.2) is 34.9 Å². The van der Waals surface area contributed by atoms with Crippen molar-refractivity contribution in [2.45, 2.75) is 25.1 Å². The van der Waals surface area contributed by atoms with Crippen molar-refractivity contribution in [1.82, 2.24) is 10.1 Å². The minimum atomic E-state index is -0.553. The van der Waals surface area contributed by atoms with Crippen molar-refractivity contribution < 1.29 is 23.6 Å². The molecule has 1 aliphatic heterocycles. The summed E-state index contributed by atoms with van der Waals surface area (Å²) in [4.78, 5) is 39.2. The zero-order chi connectivity index (χ0) is 22.4. The molecule has 0 spiro atoms. The average molecular weight is 465 g/mol. The SMILES string of the molecule is COc1ccc(NC(=O)C2CSCN2C(=O)CSC(C)C(=O)Nc2cc(C)on2)cc1. The Morgan fingerprint density at radius 3 is 2.71 bits per heavy atom. The van der Waals surface area contributed by atoms with E-state index in [1.165, 1.54) is 23.5 Å². The Hall–Kier alpha value is -2.66. The van der Waals surface area contributed by atoms with Gasteiger partial charge in [0, 0.05) is 17.5 Å². The van der Waals surface area contributed by atoms with Gasteiger partial charge in [-0.2, -0.15) is 0 Å². The molecule has 0 aliphatic carbocycles. The van der Waals surface area contributed by atoms with Gasteiger partial charge >= 0.3 is 0 Å². The van der Waals surface area contributed by atoms with Crippen molar-refractivity contribution in [3.63, 3.8) is 0 Å².